The first kappa shape index (κ1) is 16.9. The minimum atomic E-state index is -0.472. The van der Waals surface area contributed by atoms with Gasteiger partial charge < -0.3 is 5.11 Å². The van der Waals surface area contributed by atoms with Crippen LogP contribution in [-0.2, 0) is 0 Å². The number of benzene rings is 1. The molecule has 5 atom stereocenters. The number of rotatable bonds is 3. The fourth-order valence-electron chi connectivity index (χ4n) is 4.51. The monoisotopic (exact) mass is 329 g/mol. The fraction of sp³-hybridized carbons (Fsp3) is 0.600. The summed E-state index contributed by atoms with van der Waals surface area (Å²) in [6.45, 7) is 2.33. The molecule has 2 saturated heterocycles. The zero-order valence-corrected chi connectivity index (χ0v) is 14.9. The Bertz CT molecular complexity index is 569. The number of aliphatic hydroxyl groups excluding tert-OH is 1. The van der Waals surface area contributed by atoms with Crippen molar-refractivity contribution in [2.75, 3.05) is 6.26 Å². The van der Waals surface area contributed by atoms with Crippen molar-refractivity contribution in [3.63, 3.8) is 0 Å². The summed E-state index contributed by atoms with van der Waals surface area (Å²) in [7, 11) is 0. The fourth-order valence-corrected chi connectivity index (χ4v) is 5.39. The topological polar surface area (TPSA) is 23.5 Å². The predicted octanol–water partition coefficient (Wildman–Crippen LogP) is 4.07. The molecule has 1 aromatic carbocycles. The van der Waals surface area contributed by atoms with Gasteiger partial charge in [-0.3, -0.25) is 4.90 Å². The first-order valence-electron chi connectivity index (χ1n) is 8.62. The van der Waals surface area contributed by atoms with Gasteiger partial charge in [0.15, 0.2) is 0 Å². The van der Waals surface area contributed by atoms with Crippen LogP contribution >= 0.6 is 11.8 Å². The number of thioether (sulfide) groups is 1. The minimum absolute atomic E-state index is 0.227. The number of nitrogens with zero attached hydrogens (tertiary/aromatic N) is 1. The Hall–Kier alpha value is -0.950. The van der Waals surface area contributed by atoms with Crippen LogP contribution in [0.15, 0.2) is 30.3 Å². The summed E-state index contributed by atoms with van der Waals surface area (Å²) < 4.78 is -0.227. The third-order valence-corrected chi connectivity index (χ3v) is 7.28. The van der Waals surface area contributed by atoms with Gasteiger partial charge in [-0.1, -0.05) is 37.3 Å². The lowest BCUT2D eigenvalue weighted by molar-refractivity contribution is -0.134. The van der Waals surface area contributed by atoms with Crippen LogP contribution in [0.3, 0.4) is 0 Å². The van der Waals surface area contributed by atoms with Crippen LogP contribution in [0.5, 0.6) is 0 Å². The Morgan fingerprint density at radius 3 is 2.70 bits per heavy atom. The third-order valence-electron chi connectivity index (χ3n) is 5.90. The summed E-state index contributed by atoms with van der Waals surface area (Å²) in [6, 6.07) is 11.4. The number of aliphatic hydroxyl groups is 1. The van der Waals surface area contributed by atoms with Crippen LogP contribution in [0.4, 0.5) is 0 Å². The largest absolute Gasteiger partial charge is 0.377 e. The van der Waals surface area contributed by atoms with Crippen LogP contribution in [0, 0.1) is 18.3 Å². The van der Waals surface area contributed by atoms with Crippen LogP contribution in [0.2, 0.25) is 0 Å². The smallest absolute Gasteiger partial charge is 0.123 e. The van der Waals surface area contributed by atoms with Crippen LogP contribution in [0.25, 0.3) is 0 Å². The number of piperidine rings is 2. The van der Waals surface area contributed by atoms with Crippen molar-refractivity contribution >= 4 is 11.8 Å². The number of fused-ring (bicyclic) bond motifs is 1. The molecule has 1 aromatic rings. The van der Waals surface area contributed by atoms with Crippen molar-refractivity contribution in [3.8, 4) is 12.3 Å². The van der Waals surface area contributed by atoms with E-state index < -0.39 is 6.23 Å². The van der Waals surface area contributed by atoms with Crippen LogP contribution in [0.1, 0.15) is 50.6 Å². The second-order valence-corrected chi connectivity index (χ2v) is 8.28. The number of terminal acetylenes is 1. The summed E-state index contributed by atoms with van der Waals surface area (Å²) in [6.07, 6.45) is 12.4. The SMILES string of the molecule is C#CCC1(SC)CCC2C(C)CCC(c3ccccc3)N2C1O. The standard InChI is InChI=1S/C20H27NOS/c1-4-13-20(23-3)14-12-17-15(2)10-11-18(21(17)19(20)22)16-8-6-5-7-9-16/h1,5-9,15,17-19,22H,10-14H2,2-3H3. The van der Waals surface area contributed by atoms with Gasteiger partial charge in [-0.15, -0.1) is 12.3 Å². The number of hydrogen-bond donors (Lipinski definition) is 1. The Balaban J connectivity index is 1.96. The molecule has 5 unspecified atom stereocenters. The van der Waals surface area contributed by atoms with Gasteiger partial charge in [-0.2, -0.15) is 11.8 Å². The maximum absolute atomic E-state index is 11.3. The summed E-state index contributed by atoms with van der Waals surface area (Å²) in [5.74, 6) is 3.45. The molecule has 2 nitrogen and oxygen atoms in total. The molecule has 0 aromatic heterocycles. The van der Waals surface area contributed by atoms with Crippen molar-refractivity contribution in [1.82, 2.24) is 4.90 Å². The molecule has 0 bridgehead atoms. The third kappa shape index (κ3) is 2.93. The van der Waals surface area contributed by atoms with Crippen LogP contribution < -0.4 is 0 Å². The van der Waals surface area contributed by atoms with Gasteiger partial charge in [0.05, 0.1) is 4.75 Å². The minimum Gasteiger partial charge on any atom is -0.377 e. The molecule has 0 saturated carbocycles. The normalized spacial score (nSPS) is 37.8. The summed E-state index contributed by atoms with van der Waals surface area (Å²) in [5.41, 5.74) is 1.32. The van der Waals surface area contributed by atoms with E-state index in [2.05, 4.69) is 54.3 Å². The molecule has 23 heavy (non-hydrogen) atoms. The Morgan fingerprint density at radius 2 is 2.04 bits per heavy atom. The molecule has 3 heteroatoms. The highest BCUT2D eigenvalue weighted by Gasteiger charge is 2.51. The van der Waals surface area contributed by atoms with Gasteiger partial charge in [0, 0.05) is 18.5 Å². The second kappa shape index (κ2) is 6.89. The predicted molar refractivity (Wildman–Crippen MR) is 98.1 cm³/mol. The molecule has 1 N–H and O–H groups in total. The maximum atomic E-state index is 11.3. The molecular weight excluding hydrogens is 302 g/mol. The highest BCUT2D eigenvalue weighted by molar-refractivity contribution is 8.00. The van der Waals surface area contributed by atoms with Crippen molar-refractivity contribution in [2.24, 2.45) is 5.92 Å². The van der Waals surface area contributed by atoms with Gasteiger partial charge in [-0.25, -0.2) is 0 Å². The summed E-state index contributed by atoms with van der Waals surface area (Å²) >= 11 is 1.75. The van der Waals surface area contributed by atoms with Gasteiger partial charge in [0.2, 0.25) is 0 Å². The molecule has 0 amide bonds. The van der Waals surface area contributed by atoms with E-state index in [0.29, 0.717) is 24.4 Å². The van der Waals surface area contributed by atoms with Crippen molar-refractivity contribution in [3.05, 3.63) is 35.9 Å². The van der Waals surface area contributed by atoms with Gasteiger partial charge >= 0.3 is 0 Å². The lowest BCUT2D eigenvalue weighted by Crippen LogP contribution is -2.62. The van der Waals surface area contributed by atoms with Gasteiger partial charge in [-0.05, 0) is 43.4 Å². The second-order valence-electron chi connectivity index (χ2n) is 7.06. The molecule has 2 aliphatic rings. The maximum Gasteiger partial charge on any atom is 0.123 e. The van der Waals surface area contributed by atoms with E-state index in [0.717, 1.165) is 19.3 Å². The summed E-state index contributed by atoms with van der Waals surface area (Å²) in [4.78, 5) is 2.39. The quantitative estimate of drug-likeness (QED) is 0.846. The Labute approximate surface area is 144 Å². The van der Waals surface area contributed by atoms with Crippen LogP contribution in [-0.4, -0.2) is 33.3 Å². The van der Waals surface area contributed by atoms with E-state index >= 15 is 0 Å². The van der Waals surface area contributed by atoms with Crippen molar-refractivity contribution in [2.45, 2.75) is 62.1 Å². The van der Waals surface area contributed by atoms with E-state index in [4.69, 9.17) is 6.42 Å². The zero-order chi connectivity index (χ0) is 16.4. The first-order valence-corrected chi connectivity index (χ1v) is 9.84. The van der Waals surface area contributed by atoms with Crippen molar-refractivity contribution < 1.29 is 5.11 Å². The highest BCUT2D eigenvalue weighted by Crippen LogP contribution is 2.50. The van der Waals surface area contributed by atoms with E-state index in [1.54, 1.807) is 11.8 Å². The number of hydrogen-bond acceptors (Lipinski definition) is 3. The van der Waals surface area contributed by atoms with Gasteiger partial charge in [0.1, 0.15) is 6.23 Å². The van der Waals surface area contributed by atoms with Gasteiger partial charge in [0.25, 0.3) is 0 Å². The molecule has 0 aliphatic carbocycles. The summed E-state index contributed by atoms with van der Waals surface area (Å²) in [5, 5.41) is 11.3. The van der Waals surface area contributed by atoms with Crippen molar-refractivity contribution in [1.29, 1.82) is 0 Å². The molecule has 0 spiro atoms. The first-order chi connectivity index (χ1) is 11.1. The lowest BCUT2D eigenvalue weighted by Gasteiger charge is -2.56. The van der Waals surface area contributed by atoms with E-state index in [1.807, 2.05) is 0 Å². The molecule has 2 fully saturated rings. The molecule has 124 valence electrons. The Morgan fingerprint density at radius 1 is 1.30 bits per heavy atom. The lowest BCUT2D eigenvalue weighted by atomic mass is 9.75. The zero-order valence-electron chi connectivity index (χ0n) is 14.1. The molecule has 2 heterocycles. The van der Waals surface area contributed by atoms with E-state index in [9.17, 15) is 5.11 Å². The average Bonchev–Trinajstić information content (AvgIpc) is 2.59. The van der Waals surface area contributed by atoms with E-state index in [1.165, 1.54) is 12.0 Å². The Kier molecular flexibility index (Phi) is 5.06. The molecule has 3 rings (SSSR count). The molecule has 0 radical (unpaired) electrons. The highest BCUT2D eigenvalue weighted by atomic mass is 32.2. The van der Waals surface area contributed by atoms with E-state index in [-0.39, 0.29) is 4.75 Å². The molecule has 2 aliphatic heterocycles. The molecular formula is C20H27NOS. The average molecular weight is 330 g/mol.